The minimum absolute atomic E-state index is 0.210. The van der Waals surface area contributed by atoms with Gasteiger partial charge in [-0.15, -0.1) is 0 Å². The van der Waals surface area contributed by atoms with Crippen molar-refractivity contribution in [3.63, 3.8) is 0 Å². The van der Waals surface area contributed by atoms with E-state index < -0.39 is 0 Å². The van der Waals surface area contributed by atoms with Gasteiger partial charge in [0.05, 0.1) is 0 Å². The topological polar surface area (TPSA) is 38.8 Å². The van der Waals surface area contributed by atoms with Crippen LogP contribution in [0, 0.1) is 20.8 Å². The molecule has 0 aromatic heterocycles. The van der Waals surface area contributed by atoms with Gasteiger partial charge in [0.15, 0.2) is 0 Å². The van der Waals surface area contributed by atoms with Crippen LogP contribution in [0.2, 0.25) is 0 Å². The summed E-state index contributed by atoms with van der Waals surface area (Å²) in [5, 5.41) is 0. The summed E-state index contributed by atoms with van der Waals surface area (Å²) in [5.41, 5.74) is 5.24. The molecule has 0 aliphatic carbocycles. The smallest absolute Gasteiger partial charge is 0.334 e. The number of carbonyl (C=O) groups is 1. The zero-order valence-corrected chi connectivity index (χ0v) is 25.1. The van der Waals surface area contributed by atoms with E-state index in [4.69, 9.17) is 9.47 Å². The fourth-order valence-electron chi connectivity index (χ4n) is 4.49. The van der Waals surface area contributed by atoms with Gasteiger partial charge in [-0.25, -0.2) is 4.79 Å². The number of rotatable bonds is 19. The van der Waals surface area contributed by atoms with Crippen molar-refractivity contribution in [3.8, 4) is 5.75 Å². The van der Waals surface area contributed by atoms with Crippen LogP contribution in [0.5, 0.6) is 5.75 Å². The number of benzene rings is 2. The molecule has 0 radical (unpaired) electrons. The molecular weight excluding hydrogens is 482 g/mol. The lowest BCUT2D eigenvalue weighted by atomic mass is 10.0. The van der Waals surface area contributed by atoms with Crippen molar-refractivity contribution in [3.05, 3.63) is 88.6 Å². The first kappa shape index (κ1) is 32.2. The van der Waals surface area contributed by atoms with Crippen molar-refractivity contribution in [2.45, 2.75) is 92.4 Å². The Morgan fingerprint density at radius 2 is 1.44 bits per heavy atom. The van der Waals surface area contributed by atoms with E-state index in [9.17, 15) is 4.79 Å². The molecule has 0 saturated heterocycles. The standard InChI is InChI=1S/C35H51NO3/c1-6-8-10-12-22-36(23-13-11-9-7-2)24-14-15-33(28-32-19-16-29(3)17-20-32)35(37)39-26-25-38-34-21-18-30(4)27-31(34)5/h14-21,24,27H,6-13,22-23,25-26,28H2,1-5H3/b24-14+,33-15?. The van der Waals surface area contributed by atoms with Gasteiger partial charge in [-0.3, -0.25) is 0 Å². The predicted molar refractivity (Wildman–Crippen MR) is 164 cm³/mol. The summed E-state index contributed by atoms with van der Waals surface area (Å²) >= 11 is 0. The minimum Gasteiger partial charge on any atom is -0.490 e. The molecule has 0 unspecified atom stereocenters. The molecule has 0 fully saturated rings. The number of nitrogens with zero attached hydrogens (tertiary/aromatic N) is 1. The Balaban J connectivity index is 2.04. The number of esters is 1. The average Bonchev–Trinajstić information content (AvgIpc) is 2.92. The van der Waals surface area contributed by atoms with E-state index >= 15 is 0 Å². The Kier molecular flexibility index (Phi) is 15.8. The highest BCUT2D eigenvalue weighted by atomic mass is 16.6. The van der Waals surface area contributed by atoms with Crippen molar-refractivity contribution < 1.29 is 14.3 Å². The summed E-state index contributed by atoms with van der Waals surface area (Å²) in [4.78, 5) is 15.5. The molecule has 0 atom stereocenters. The van der Waals surface area contributed by atoms with Gasteiger partial charge in [0.25, 0.3) is 0 Å². The molecule has 214 valence electrons. The maximum atomic E-state index is 13.1. The van der Waals surface area contributed by atoms with Crippen molar-refractivity contribution in [2.75, 3.05) is 26.3 Å². The molecule has 0 aliphatic rings. The first-order valence-corrected chi connectivity index (χ1v) is 15.0. The molecule has 0 N–H and O–H groups in total. The maximum absolute atomic E-state index is 13.1. The van der Waals surface area contributed by atoms with Crippen LogP contribution in [-0.4, -0.2) is 37.2 Å². The quantitative estimate of drug-likeness (QED) is 0.0783. The molecule has 0 saturated carbocycles. The van der Waals surface area contributed by atoms with E-state index in [2.05, 4.69) is 69.1 Å². The third-order valence-electron chi connectivity index (χ3n) is 6.87. The zero-order chi connectivity index (χ0) is 28.3. The molecule has 0 aliphatic heterocycles. The molecule has 0 spiro atoms. The summed E-state index contributed by atoms with van der Waals surface area (Å²) in [7, 11) is 0. The molecule has 0 bridgehead atoms. The van der Waals surface area contributed by atoms with Gasteiger partial charge in [0.2, 0.25) is 0 Å². The summed E-state index contributed by atoms with van der Waals surface area (Å²) in [5.74, 6) is 0.537. The number of ether oxygens (including phenoxy) is 2. The summed E-state index contributed by atoms with van der Waals surface area (Å²) in [6.45, 7) is 13.3. The lowest BCUT2D eigenvalue weighted by molar-refractivity contribution is -0.139. The molecule has 39 heavy (non-hydrogen) atoms. The summed E-state index contributed by atoms with van der Waals surface area (Å²) < 4.78 is 11.5. The predicted octanol–water partition coefficient (Wildman–Crippen LogP) is 8.68. The van der Waals surface area contributed by atoms with Crippen LogP contribution in [0.1, 0.15) is 87.5 Å². The molecule has 0 amide bonds. The normalized spacial score (nSPS) is 11.7. The van der Waals surface area contributed by atoms with E-state index in [-0.39, 0.29) is 12.6 Å². The first-order valence-electron chi connectivity index (χ1n) is 15.0. The van der Waals surface area contributed by atoms with E-state index in [1.807, 2.05) is 31.2 Å². The van der Waals surface area contributed by atoms with Crippen LogP contribution in [0.25, 0.3) is 0 Å². The van der Waals surface area contributed by atoms with Gasteiger partial charge >= 0.3 is 5.97 Å². The highest BCUT2D eigenvalue weighted by Crippen LogP contribution is 2.19. The number of carbonyl (C=O) groups excluding carboxylic acids is 1. The lowest BCUT2D eigenvalue weighted by Crippen LogP contribution is -2.20. The molecule has 0 heterocycles. The zero-order valence-electron chi connectivity index (χ0n) is 25.1. The van der Waals surface area contributed by atoms with Gasteiger partial charge in [-0.05, 0) is 63.1 Å². The third kappa shape index (κ3) is 13.6. The van der Waals surface area contributed by atoms with Gasteiger partial charge in [0, 0.05) is 25.1 Å². The Bertz CT molecular complexity index is 1010. The molecule has 4 nitrogen and oxygen atoms in total. The number of hydrogen-bond acceptors (Lipinski definition) is 4. The second-order valence-electron chi connectivity index (χ2n) is 10.6. The van der Waals surface area contributed by atoms with Crippen molar-refractivity contribution in [1.82, 2.24) is 4.90 Å². The number of hydrogen-bond donors (Lipinski definition) is 0. The van der Waals surface area contributed by atoms with Crippen LogP contribution in [0.15, 0.2) is 66.4 Å². The Morgan fingerprint density at radius 3 is 2.05 bits per heavy atom. The van der Waals surface area contributed by atoms with Crippen molar-refractivity contribution in [2.24, 2.45) is 0 Å². The number of allylic oxidation sites excluding steroid dienone is 2. The SMILES string of the molecule is CCCCCCN(/C=C/C=C(Cc1ccc(C)cc1)C(=O)OCCOc1ccc(C)cc1C)CCCCCC. The van der Waals surface area contributed by atoms with E-state index in [1.54, 1.807) is 0 Å². The highest BCUT2D eigenvalue weighted by Gasteiger charge is 2.12. The Labute approximate surface area is 238 Å². The largest absolute Gasteiger partial charge is 0.490 e. The second kappa shape index (κ2) is 19.1. The van der Waals surface area contributed by atoms with Crippen molar-refractivity contribution in [1.29, 1.82) is 0 Å². The number of unbranched alkanes of at least 4 members (excludes halogenated alkanes) is 6. The van der Waals surface area contributed by atoms with Crippen LogP contribution in [0.3, 0.4) is 0 Å². The van der Waals surface area contributed by atoms with Crippen LogP contribution in [-0.2, 0) is 16.0 Å². The van der Waals surface area contributed by atoms with Crippen LogP contribution >= 0.6 is 0 Å². The van der Waals surface area contributed by atoms with Crippen LogP contribution in [0.4, 0.5) is 0 Å². The minimum atomic E-state index is -0.290. The molecule has 2 aromatic carbocycles. The Hall–Kier alpha value is -3.01. The monoisotopic (exact) mass is 533 g/mol. The summed E-state index contributed by atoms with van der Waals surface area (Å²) in [6, 6.07) is 14.4. The van der Waals surface area contributed by atoms with Gasteiger partial charge < -0.3 is 14.4 Å². The molecule has 2 aromatic rings. The summed E-state index contributed by atoms with van der Waals surface area (Å²) in [6.07, 6.45) is 16.6. The van der Waals surface area contributed by atoms with Crippen LogP contribution < -0.4 is 4.74 Å². The second-order valence-corrected chi connectivity index (χ2v) is 10.6. The highest BCUT2D eigenvalue weighted by molar-refractivity contribution is 5.89. The third-order valence-corrected chi connectivity index (χ3v) is 6.87. The molecule has 2 rings (SSSR count). The number of aryl methyl sites for hydroxylation is 3. The fraction of sp³-hybridized carbons (Fsp3) is 0.514. The van der Waals surface area contributed by atoms with E-state index in [0.29, 0.717) is 18.6 Å². The Morgan fingerprint density at radius 1 is 0.795 bits per heavy atom. The van der Waals surface area contributed by atoms with E-state index in [1.165, 1.54) is 62.5 Å². The van der Waals surface area contributed by atoms with E-state index in [0.717, 1.165) is 30.0 Å². The van der Waals surface area contributed by atoms with Gasteiger partial charge in [-0.1, -0.05) is 106 Å². The fourth-order valence-corrected chi connectivity index (χ4v) is 4.49. The first-order chi connectivity index (χ1) is 18.9. The van der Waals surface area contributed by atoms with Gasteiger partial charge in [-0.2, -0.15) is 0 Å². The van der Waals surface area contributed by atoms with Gasteiger partial charge in [0.1, 0.15) is 19.0 Å². The molecule has 4 heteroatoms. The molecular formula is C35H51NO3. The van der Waals surface area contributed by atoms with Crippen molar-refractivity contribution >= 4 is 5.97 Å². The maximum Gasteiger partial charge on any atom is 0.334 e. The average molecular weight is 534 g/mol. The lowest BCUT2D eigenvalue weighted by Gasteiger charge is -2.20.